The van der Waals surface area contributed by atoms with Gasteiger partial charge in [-0.05, 0) is 77.0 Å². The molecule has 0 amide bonds. The van der Waals surface area contributed by atoms with Crippen LogP contribution in [0.3, 0.4) is 0 Å². The number of fused-ring (bicyclic) bond motifs is 1. The van der Waals surface area contributed by atoms with E-state index in [2.05, 4.69) is 15.9 Å². The van der Waals surface area contributed by atoms with Gasteiger partial charge in [-0.1, -0.05) is 18.2 Å². The fourth-order valence-corrected chi connectivity index (χ4v) is 5.59. The Morgan fingerprint density at radius 2 is 1.84 bits per heavy atom. The second-order valence-electron chi connectivity index (χ2n) is 8.62. The van der Waals surface area contributed by atoms with Crippen molar-refractivity contribution in [2.45, 2.75) is 51.0 Å². The Morgan fingerprint density at radius 1 is 1.00 bits per heavy atom. The van der Waals surface area contributed by atoms with Crippen molar-refractivity contribution in [3.05, 3.63) is 75.2 Å². The lowest BCUT2D eigenvalue weighted by molar-refractivity contribution is -0.122. The molecule has 2 aromatic carbocycles. The third-order valence-corrected chi connectivity index (χ3v) is 7.13. The van der Waals surface area contributed by atoms with Crippen LogP contribution in [0.15, 0.2) is 63.2 Å². The predicted octanol–water partition coefficient (Wildman–Crippen LogP) is 6.08. The Balaban J connectivity index is 1.47. The van der Waals surface area contributed by atoms with Gasteiger partial charge >= 0.3 is 0 Å². The number of ether oxygens (including phenoxy) is 1. The molecular formula is C26H23BrFNO3. The molecule has 1 fully saturated rings. The van der Waals surface area contributed by atoms with Crippen LogP contribution >= 0.6 is 15.9 Å². The Labute approximate surface area is 194 Å². The number of hydrogen-bond acceptors (Lipinski definition) is 4. The standard InChI is InChI=1S/C26H23BrFNO3/c27-18-13-16(10-11-23(18)32-14-15-4-1-5-17(28)12-15)24-25-19(6-2-8-21(25)30)29-20-7-3-9-22(31)26(20)24/h1,4-5,10-13,24-25H,2-3,6-9,14H2/t24-,25?/m1/s1. The lowest BCUT2D eigenvalue weighted by Gasteiger charge is -2.38. The van der Waals surface area contributed by atoms with Crippen molar-refractivity contribution in [1.82, 2.24) is 0 Å². The largest absolute Gasteiger partial charge is 0.488 e. The van der Waals surface area contributed by atoms with Crippen molar-refractivity contribution in [3.63, 3.8) is 0 Å². The van der Waals surface area contributed by atoms with E-state index in [0.717, 1.165) is 58.3 Å². The molecule has 2 aromatic rings. The summed E-state index contributed by atoms with van der Waals surface area (Å²) in [4.78, 5) is 30.7. The molecule has 2 atom stereocenters. The monoisotopic (exact) mass is 495 g/mol. The third kappa shape index (κ3) is 3.96. The molecule has 0 saturated heterocycles. The van der Waals surface area contributed by atoms with Gasteiger partial charge in [-0.15, -0.1) is 0 Å². The van der Waals surface area contributed by atoms with Gasteiger partial charge in [-0.3, -0.25) is 14.6 Å². The molecule has 1 aliphatic heterocycles. The van der Waals surface area contributed by atoms with E-state index in [9.17, 15) is 14.0 Å². The number of benzene rings is 2. The Morgan fingerprint density at radius 3 is 2.66 bits per heavy atom. The lowest BCUT2D eigenvalue weighted by atomic mass is 9.67. The van der Waals surface area contributed by atoms with E-state index in [1.54, 1.807) is 6.07 Å². The van der Waals surface area contributed by atoms with Crippen LogP contribution in [0.2, 0.25) is 0 Å². The van der Waals surface area contributed by atoms with Gasteiger partial charge in [0.2, 0.25) is 0 Å². The van der Waals surface area contributed by atoms with Gasteiger partial charge in [-0.25, -0.2) is 4.39 Å². The van der Waals surface area contributed by atoms with Gasteiger partial charge in [0.15, 0.2) is 5.78 Å². The number of halogens is 2. The fraction of sp³-hybridized carbons (Fsp3) is 0.346. The molecule has 0 spiro atoms. The van der Waals surface area contributed by atoms with E-state index >= 15 is 0 Å². The summed E-state index contributed by atoms with van der Waals surface area (Å²) in [6.45, 7) is 0.241. The highest BCUT2D eigenvalue weighted by molar-refractivity contribution is 9.10. The van der Waals surface area contributed by atoms with Crippen LogP contribution in [0, 0.1) is 11.7 Å². The zero-order valence-electron chi connectivity index (χ0n) is 17.6. The van der Waals surface area contributed by atoms with Crippen molar-refractivity contribution < 1.29 is 18.7 Å². The molecule has 6 heteroatoms. The molecule has 1 saturated carbocycles. The summed E-state index contributed by atoms with van der Waals surface area (Å²) >= 11 is 3.59. The molecule has 4 nitrogen and oxygen atoms in total. The number of rotatable bonds is 4. The highest BCUT2D eigenvalue weighted by Gasteiger charge is 2.44. The molecule has 32 heavy (non-hydrogen) atoms. The van der Waals surface area contributed by atoms with Gasteiger partial charge in [0.1, 0.15) is 24.0 Å². The highest BCUT2D eigenvalue weighted by atomic mass is 79.9. The normalized spacial score (nSPS) is 22.9. The molecule has 3 aliphatic rings. The number of aliphatic imine (C=N–C) groups is 1. The van der Waals surface area contributed by atoms with Crippen molar-refractivity contribution >= 4 is 33.2 Å². The Kier molecular flexibility index (Phi) is 5.80. The molecular weight excluding hydrogens is 473 g/mol. The second kappa shape index (κ2) is 8.74. The molecule has 0 radical (unpaired) electrons. The number of carbonyl (C=O) groups is 2. The summed E-state index contributed by atoms with van der Waals surface area (Å²) in [6.07, 6.45) is 4.29. The van der Waals surface area contributed by atoms with Crippen LogP contribution in [0.4, 0.5) is 4.39 Å². The van der Waals surface area contributed by atoms with E-state index in [1.807, 2.05) is 24.3 Å². The summed E-state index contributed by atoms with van der Waals surface area (Å²) in [6, 6.07) is 12.1. The van der Waals surface area contributed by atoms with Crippen LogP contribution in [-0.2, 0) is 16.2 Å². The molecule has 0 N–H and O–H groups in total. The quantitative estimate of drug-likeness (QED) is 0.516. The summed E-state index contributed by atoms with van der Waals surface area (Å²) in [7, 11) is 0. The number of carbonyl (C=O) groups excluding carboxylic acids is 2. The molecule has 2 aliphatic carbocycles. The van der Waals surface area contributed by atoms with Crippen molar-refractivity contribution in [2.24, 2.45) is 10.9 Å². The second-order valence-corrected chi connectivity index (χ2v) is 9.48. The number of Topliss-reactive ketones (excluding diaryl/α,β-unsaturated/α-hetero) is 2. The maximum atomic E-state index is 13.4. The summed E-state index contributed by atoms with van der Waals surface area (Å²) < 4.78 is 20.1. The van der Waals surface area contributed by atoms with Crippen molar-refractivity contribution in [1.29, 1.82) is 0 Å². The Hall–Kier alpha value is -2.60. The molecule has 164 valence electrons. The first kappa shape index (κ1) is 21.3. The SMILES string of the molecule is O=C1CCCC2=C1[C@H](c1ccc(OCc3cccc(F)c3)c(Br)c1)C1C(=O)CCCC1=N2. The maximum Gasteiger partial charge on any atom is 0.161 e. The lowest BCUT2D eigenvalue weighted by Crippen LogP contribution is -2.39. The Bertz CT molecular complexity index is 1170. The zero-order chi connectivity index (χ0) is 22.2. The van der Waals surface area contributed by atoms with E-state index in [-0.39, 0.29) is 35.8 Å². The van der Waals surface area contributed by atoms with Crippen LogP contribution < -0.4 is 4.74 Å². The molecule has 1 heterocycles. The highest BCUT2D eigenvalue weighted by Crippen LogP contribution is 2.47. The fourth-order valence-electron chi connectivity index (χ4n) is 5.07. The number of hydrogen-bond donors (Lipinski definition) is 0. The predicted molar refractivity (Wildman–Crippen MR) is 123 cm³/mol. The number of nitrogens with zero attached hydrogens (tertiary/aromatic N) is 1. The van der Waals surface area contributed by atoms with Gasteiger partial charge in [0.05, 0.1) is 10.4 Å². The minimum Gasteiger partial charge on any atom is -0.488 e. The molecule has 0 aromatic heterocycles. The van der Waals surface area contributed by atoms with Gasteiger partial charge in [0.25, 0.3) is 0 Å². The van der Waals surface area contributed by atoms with Crippen molar-refractivity contribution in [3.8, 4) is 5.75 Å². The van der Waals surface area contributed by atoms with Crippen LogP contribution in [0.25, 0.3) is 0 Å². The number of ketones is 2. The topological polar surface area (TPSA) is 55.7 Å². The first-order valence-electron chi connectivity index (χ1n) is 11.0. The summed E-state index contributed by atoms with van der Waals surface area (Å²) in [5.74, 6) is -0.0230. The first-order valence-corrected chi connectivity index (χ1v) is 11.8. The molecule has 0 bridgehead atoms. The van der Waals surface area contributed by atoms with Crippen LogP contribution in [-0.4, -0.2) is 17.3 Å². The minimum absolute atomic E-state index is 0.111. The van der Waals surface area contributed by atoms with Crippen molar-refractivity contribution in [2.75, 3.05) is 0 Å². The van der Waals surface area contributed by atoms with E-state index in [1.165, 1.54) is 12.1 Å². The van der Waals surface area contributed by atoms with Gasteiger partial charge in [0, 0.05) is 35.7 Å². The molecule has 1 unspecified atom stereocenters. The molecule has 5 rings (SSSR count). The smallest absolute Gasteiger partial charge is 0.161 e. The minimum atomic E-state index is -0.351. The van der Waals surface area contributed by atoms with Crippen LogP contribution in [0.1, 0.15) is 55.6 Å². The first-order chi connectivity index (χ1) is 15.5. The van der Waals surface area contributed by atoms with Crippen LogP contribution in [0.5, 0.6) is 5.75 Å². The summed E-state index contributed by atoms with van der Waals surface area (Å²) in [5, 5.41) is 0. The maximum absolute atomic E-state index is 13.4. The zero-order valence-corrected chi connectivity index (χ0v) is 19.2. The van der Waals surface area contributed by atoms with E-state index in [4.69, 9.17) is 9.73 Å². The third-order valence-electron chi connectivity index (χ3n) is 6.51. The summed E-state index contributed by atoms with van der Waals surface area (Å²) in [5.41, 5.74) is 4.19. The van der Waals surface area contributed by atoms with Gasteiger partial charge in [-0.2, -0.15) is 0 Å². The average molecular weight is 496 g/mol. The van der Waals surface area contributed by atoms with E-state index < -0.39 is 0 Å². The van der Waals surface area contributed by atoms with E-state index in [0.29, 0.717) is 18.6 Å². The number of allylic oxidation sites excluding steroid dienone is 2. The van der Waals surface area contributed by atoms with Gasteiger partial charge < -0.3 is 4.74 Å². The average Bonchev–Trinajstić information content (AvgIpc) is 2.77.